The molecule has 0 spiro atoms. The molecule has 1 aliphatic rings. The van der Waals surface area contributed by atoms with Crippen LogP contribution in [0.4, 0.5) is 0 Å². The molecule has 0 atom stereocenters. The largest absolute Gasteiger partial charge is 0.389 e. The predicted molar refractivity (Wildman–Crippen MR) is 149 cm³/mol. The minimum Gasteiger partial charge on any atom is -0.389 e. The number of carbonyl (C=O) groups is 1. The summed E-state index contributed by atoms with van der Waals surface area (Å²) >= 11 is 0. The van der Waals surface area contributed by atoms with Gasteiger partial charge in [-0.15, -0.1) is 0 Å². The van der Waals surface area contributed by atoms with Crippen molar-refractivity contribution in [2.45, 2.75) is 44.8 Å². The van der Waals surface area contributed by atoms with E-state index in [9.17, 15) is 9.90 Å². The summed E-state index contributed by atoms with van der Waals surface area (Å²) in [5.74, 6) is 0.0891. The number of methoxy groups -OCH3 is 1. The van der Waals surface area contributed by atoms with Crippen LogP contribution in [-0.2, 0) is 18.3 Å². The lowest BCUT2D eigenvalue weighted by Crippen LogP contribution is -2.35. The Morgan fingerprint density at radius 1 is 1.23 bits per heavy atom. The van der Waals surface area contributed by atoms with Crippen molar-refractivity contribution in [1.82, 2.24) is 29.2 Å². The van der Waals surface area contributed by atoms with Crippen LogP contribution in [-0.4, -0.2) is 79.2 Å². The molecule has 0 bridgehead atoms. The zero-order valence-electron chi connectivity index (χ0n) is 23.1. The number of fused-ring (bicyclic) bond motifs is 1. The normalized spacial score (nSPS) is 15.9. The second-order valence-corrected chi connectivity index (χ2v) is 11.0. The van der Waals surface area contributed by atoms with E-state index in [0.717, 1.165) is 55.7 Å². The number of hydrogen-bond acceptors (Lipinski definition) is 6. The molecule has 206 valence electrons. The molecule has 10 heteroatoms. The Morgan fingerprint density at radius 3 is 2.72 bits per heavy atom. The summed E-state index contributed by atoms with van der Waals surface area (Å²) < 4.78 is 8.81. The van der Waals surface area contributed by atoms with E-state index >= 15 is 0 Å². The molecule has 1 amide bonds. The number of benzene rings is 1. The summed E-state index contributed by atoms with van der Waals surface area (Å²) in [6, 6.07) is 9.79. The first-order chi connectivity index (χ1) is 18.7. The van der Waals surface area contributed by atoms with Gasteiger partial charge < -0.3 is 24.3 Å². The van der Waals surface area contributed by atoms with Crippen LogP contribution in [0, 0.1) is 0 Å². The molecule has 39 heavy (non-hydrogen) atoms. The number of rotatable bonds is 8. The number of nitrogens with zero attached hydrogens (tertiary/aromatic N) is 6. The maximum absolute atomic E-state index is 13.3. The fourth-order valence-corrected chi connectivity index (χ4v) is 5.23. The van der Waals surface area contributed by atoms with E-state index in [0.29, 0.717) is 22.8 Å². The van der Waals surface area contributed by atoms with Crippen LogP contribution in [0.3, 0.4) is 0 Å². The number of nitrogens with one attached hydrogen (secondary N) is 1. The summed E-state index contributed by atoms with van der Waals surface area (Å²) in [5.41, 5.74) is 4.40. The van der Waals surface area contributed by atoms with E-state index in [1.165, 1.54) is 5.56 Å². The van der Waals surface area contributed by atoms with Crippen LogP contribution in [0.15, 0.2) is 53.9 Å². The SMILES string of the molecule is COCCN1CCC(c2ccc3c(c2)[nH]/c(=N\C(=O)c2ccnc(-c4cnn(C)c4)c2)n3CC(C)(C)O)CC1. The van der Waals surface area contributed by atoms with Crippen LogP contribution in [0.5, 0.6) is 0 Å². The van der Waals surface area contributed by atoms with E-state index in [-0.39, 0.29) is 12.5 Å². The maximum Gasteiger partial charge on any atom is 0.280 e. The Labute approximate surface area is 228 Å². The number of aromatic nitrogens is 5. The number of amides is 1. The standard InChI is InChI=1S/C29H37N7O3/c1-29(2,38)19-36-26-6-5-21(20-8-11-35(12-9-20)13-14-39-4)15-25(26)32-28(36)33-27(37)22-7-10-30-24(16-22)23-17-31-34(3)18-23/h5-7,10,15-18,20,38H,8-9,11-14,19H2,1-4H3,(H,32,33,37). The highest BCUT2D eigenvalue weighted by molar-refractivity contribution is 5.95. The van der Waals surface area contributed by atoms with Crippen LogP contribution < -0.4 is 5.62 Å². The van der Waals surface area contributed by atoms with Gasteiger partial charge in [0.25, 0.3) is 5.91 Å². The van der Waals surface area contributed by atoms with Gasteiger partial charge in [-0.1, -0.05) is 6.07 Å². The molecule has 1 fully saturated rings. The molecule has 3 aromatic heterocycles. The van der Waals surface area contributed by atoms with Gasteiger partial charge in [0, 0.05) is 44.2 Å². The van der Waals surface area contributed by atoms with Crippen LogP contribution in [0.2, 0.25) is 0 Å². The van der Waals surface area contributed by atoms with E-state index in [1.54, 1.807) is 50.2 Å². The highest BCUT2D eigenvalue weighted by Gasteiger charge is 2.22. The molecular formula is C29H37N7O3. The first-order valence-corrected chi connectivity index (χ1v) is 13.4. The molecule has 0 saturated carbocycles. The van der Waals surface area contributed by atoms with Gasteiger partial charge in [-0.2, -0.15) is 10.1 Å². The molecule has 1 aromatic carbocycles. The number of hydrogen-bond donors (Lipinski definition) is 2. The first kappa shape index (κ1) is 27.0. The van der Waals surface area contributed by atoms with Crippen molar-refractivity contribution in [2.75, 3.05) is 33.4 Å². The number of aryl methyl sites for hydroxylation is 1. The molecule has 0 aliphatic carbocycles. The lowest BCUT2D eigenvalue weighted by Gasteiger charge is -2.32. The number of imidazole rings is 1. The van der Waals surface area contributed by atoms with Crippen molar-refractivity contribution in [3.8, 4) is 11.3 Å². The molecule has 4 heterocycles. The van der Waals surface area contributed by atoms with Gasteiger partial charge in [-0.05, 0) is 75.5 Å². The zero-order valence-corrected chi connectivity index (χ0v) is 23.1. The number of aromatic amines is 1. The van der Waals surface area contributed by atoms with Gasteiger partial charge in [0.15, 0.2) is 0 Å². The third-order valence-corrected chi connectivity index (χ3v) is 7.24. The minimum absolute atomic E-state index is 0.285. The van der Waals surface area contributed by atoms with Gasteiger partial charge >= 0.3 is 0 Å². The second kappa shape index (κ2) is 11.3. The predicted octanol–water partition coefficient (Wildman–Crippen LogP) is 3.10. The van der Waals surface area contributed by atoms with Crippen LogP contribution in [0.1, 0.15) is 48.5 Å². The molecule has 1 saturated heterocycles. The Kier molecular flexibility index (Phi) is 7.79. The van der Waals surface area contributed by atoms with Crippen LogP contribution >= 0.6 is 0 Å². The number of piperidine rings is 1. The number of aliphatic hydroxyl groups is 1. The molecule has 0 unspecified atom stereocenters. The first-order valence-electron chi connectivity index (χ1n) is 13.4. The van der Waals surface area contributed by atoms with Crippen LogP contribution in [0.25, 0.3) is 22.3 Å². The number of likely N-dealkylation sites (tertiary alicyclic amines) is 1. The van der Waals surface area contributed by atoms with Gasteiger partial charge in [-0.25, -0.2) is 0 Å². The molecule has 0 radical (unpaired) electrons. The molecule has 5 rings (SSSR count). The van der Waals surface area contributed by atoms with E-state index in [4.69, 9.17) is 4.74 Å². The lowest BCUT2D eigenvalue weighted by atomic mass is 9.89. The van der Waals surface area contributed by atoms with Crippen molar-refractivity contribution >= 4 is 16.9 Å². The van der Waals surface area contributed by atoms with Crippen molar-refractivity contribution in [3.63, 3.8) is 0 Å². The number of carbonyl (C=O) groups excluding carboxylic acids is 1. The highest BCUT2D eigenvalue weighted by Crippen LogP contribution is 2.30. The van der Waals surface area contributed by atoms with Gasteiger partial charge in [-0.3, -0.25) is 14.5 Å². The average molecular weight is 532 g/mol. The van der Waals surface area contributed by atoms with Gasteiger partial charge in [0.1, 0.15) is 0 Å². The number of ether oxygens (including phenoxy) is 1. The lowest BCUT2D eigenvalue weighted by molar-refractivity contribution is 0.0612. The summed E-state index contributed by atoms with van der Waals surface area (Å²) in [4.78, 5) is 28.0. The minimum atomic E-state index is -0.995. The average Bonchev–Trinajstić information content (AvgIpc) is 3.50. The molecule has 2 N–H and O–H groups in total. The smallest absolute Gasteiger partial charge is 0.280 e. The van der Waals surface area contributed by atoms with E-state index < -0.39 is 5.60 Å². The second-order valence-electron chi connectivity index (χ2n) is 11.0. The van der Waals surface area contributed by atoms with Crippen molar-refractivity contribution in [3.05, 3.63) is 65.7 Å². The summed E-state index contributed by atoms with van der Waals surface area (Å²) in [5, 5.41) is 14.8. The quantitative estimate of drug-likeness (QED) is 0.361. The number of H-pyrrole nitrogens is 1. The molecule has 1 aliphatic heterocycles. The highest BCUT2D eigenvalue weighted by atomic mass is 16.5. The Hall–Kier alpha value is -3.60. The van der Waals surface area contributed by atoms with E-state index in [2.05, 4.69) is 43.2 Å². The topological polar surface area (TPSA) is 114 Å². The van der Waals surface area contributed by atoms with Gasteiger partial charge in [0.05, 0.1) is 41.7 Å². The van der Waals surface area contributed by atoms with Crippen molar-refractivity contribution in [2.24, 2.45) is 12.0 Å². The third kappa shape index (κ3) is 6.35. The molecule has 10 nitrogen and oxygen atoms in total. The maximum atomic E-state index is 13.3. The number of pyridine rings is 1. The zero-order chi connectivity index (χ0) is 27.6. The molecule has 4 aromatic rings. The fraction of sp³-hybridized carbons (Fsp3) is 0.448. The van der Waals surface area contributed by atoms with Gasteiger partial charge in [0.2, 0.25) is 5.62 Å². The Balaban J connectivity index is 1.46. The Bertz CT molecular complexity index is 1520. The monoisotopic (exact) mass is 531 g/mol. The fourth-order valence-electron chi connectivity index (χ4n) is 5.23. The van der Waals surface area contributed by atoms with Crippen molar-refractivity contribution < 1.29 is 14.6 Å². The Morgan fingerprint density at radius 2 is 2.03 bits per heavy atom. The van der Waals surface area contributed by atoms with Crippen molar-refractivity contribution in [1.29, 1.82) is 0 Å². The molecular weight excluding hydrogens is 494 g/mol. The summed E-state index contributed by atoms with van der Waals surface area (Å²) in [6.45, 7) is 7.62. The summed E-state index contributed by atoms with van der Waals surface area (Å²) in [6.07, 6.45) is 7.36. The third-order valence-electron chi connectivity index (χ3n) is 7.24. The summed E-state index contributed by atoms with van der Waals surface area (Å²) in [7, 11) is 3.58. The van der Waals surface area contributed by atoms with E-state index in [1.807, 2.05) is 17.8 Å².